The van der Waals surface area contributed by atoms with Crippen molar-refractivity contribution in [3.63, 3.8) is 0 Å². The molecule has 90 valence electrons. The Hall–Kier alpha value is -1.27. The second kappa shape index (κ2) is 4.71. The largest absolute Gasteiger partial charge is 0.504 e. The van der Waals surface area contributed by atoms with Crippen molar-refractivity contribution in [3.8, 4) is 11.5 Å². The van der Waals surface area contributed by atoms with Gasteiger partial charge in [-0.1, -0.05) is 6.07 Å². The van der Waals surface area contributed by atoms with E-state index in [9.17, 15) is 13.5 Å². The topological polar surface area (TPSA) is 89.6 Å². The van der Waals surface area contributed by atoms with Gasteiger partial charge in [0.25, 0.3) is 0 Å². The van der Waals surface area contributed by atoms with Crippen molar-refractivity contribution in [2.75, 3.05) is 19.1 Å². The van der Waals surface area contributed by atoms with E-state index in [1.54, 1.807) is 12.1 Å². The van der Waals surface area contributed by atoms with E-state index in [1.165, 1.54) is 13.2 Å². The first-order valence-electron chi connectivity index (χ1n) is 4.63. The van der Waals surface area contributed by atoms with Gasteiger partial charge < -0.3 is 15.6 Å². The highest BCUT2D eigenvalue weighted by Gasteiger charge is 2.14. The van der Waals surface area contributed by atoms with E-state index in [0.717, 1.165) is 6.26 Å². The van der Waals surface area contributed by atoms with Crippen LogP contribution in [0.25, 0.3) is 0 Å². The van der Waals surface area contributed by atoms with Crippen LogP contribution in [0.15, 0.2) is 18.2 Å². The van der Waals surface area contributed by atoms with E-state index < -0.39 is 15.9 Å². The number of ether oxygens (including phenoxy) is 1. The van der Waals surface area contributed by atoms with Gasteiger partial charge in [-0.05, 0) is 17.7 Å². The maximum atomic E-state index is 11.1. The molecule has 0 saturated heterocycles. The summed E-state index contributed by atoms with van der Waals surface area (Å²) in [5.74, 6) is 0.123. The molecule has 1 atom stereocenters. The Balaban J connectivity index is 2.93. The van der Waals surface area contributed by atoms with E-state index in [-0.39, 0.29) is 11.5 Å². The van der Waals surface area contributed by atoms with Crippen molar-refractivity contribution in [1.29, 1.82) is 0 Å². The van der Waals surface area contributed by atoms with Crippen molar-refractivity contribution >= 4 is 9.84 Å². The summed E-state index contributed by atoms with van der Waals surface area (Å²) in [6, 6.07) is 3.95. The van der Waals surface area contributed by atoms with Gasteiger partial charge in [0, 0.05) is 12.3 Å². The summed E-state index contributed by atoms with van der Waals surface area (Å²) in [5.41, 5.74) is 6.27. The van der Waals surface area contributed by atoms with Gasteiger partial charge in [0.15, 0.2) is 11.5 Å². The van der Waals surface area contributed by atoms with Gasteiger partial charge in [-0.25, -0.2) is 8.42 Å². The fourth-order valence-corrected chi connectivity index (χ4v) is 2.20. The number of sulfone groups is 1. The Morgan fingerprint density at radius 2 is 2.12 bits per heavy atom. The molecule has 0 spiro atoms. The molecule has 1 aromatic carbocycles. The van der Waals surface area contributed by atoms with Gasteiger partial charge >= 0.3 is 0 Å². The lowest BCUT2D eigenvalue weighted by Gasteiger charge is -2.12. The molecule has 0 aromatic heterocycles. The number of aromatic hydroxyl groups is 1. The van der Waals surface area contributed by atoms with Gasteiger partial charge in [0.05, 0.1) is 12.9 Å². The number of methoxy groups -OCH3 is 1. The summed E-state index contributed by atoms with van der Waals surface area (Å²) in [4.78, 5) is 0. The predicted molar refractivity (Wildman–Crippen MR) is 61.3 cm³/mol. The van der Waals surface area contributed by atoms with Crippen LogP contribution in [0.5, 0.6) is 11.5 Å². The van der Waals surface area contributed by atoms with E-state index in [2.05, 4.69) is 0 Å². The molecular formula is C10H15NO4S. The number of phenolic OH excluding ortho intramolecular Hbond substituents is 1. The first-order chi connectivity index (χ1) is 7.33. The van der Waals surface area contributed by atoms with Gasteiger partial charge in [0.1, 0.15) is 9.84 Å². The minimum atomic E-state index is -3.14. The van der Waals surface area contributed by atoms with Gasteiger partial charge in [-0.15, -0.1) is 0 Å². The number of hydrogen-bond acceptors (Lipinski definition) is 5. The van der Waals surface area contributed by atoms with Gasteiger partial charge in [-0.3, -0.25) is 0 Å². The lowest BCUT2D eigenvalue weighted by atomic mass is 10.1. The number of benzene rings is 1. The van der Waals surface area contributed by atoms with Gasteiger partial charge in [0.2, 0.25) is 0 Å². The summed E-state index contributed by atoms with van der Waals surface area (Å²) >= 11 is 0. The molecule has 1 aromatic rings. The molecule has 1 rings (SSSR count). The van der Waals surface area contributed by atoms with Crippen molar-refractivity contribution in [2.45, 2.75) is 6.04 Å². The number of rotatable bonds is 4. The summed E-state index contributed by atoms with van der Waals surface area (Å²) in [6.07, 6.45) is 1.12. The van der Waals surface area contributed by atoms with E-state index in [4.69, 9.17) is 10.5 Å². The molecule has 0 aliphatic rings. The Morgan fingerprint density at radius 1 is 1.50 bits per heavy atom. The molecule has 0 radical (unpaired) electrons. The number of nitrogens with two attached hydrogens (primary N) is 1. The van der Waals surface area contributed by atoms with E-state index >= 15 is 0 Å². The smallest absolute Gasteiger partial charge is 0.160 e. The van der Waals surface area contributed by atoms with Crippen LogP contribution in [0.1, 0.15) is 11.6 Å². The SMILES string of the molecule is COc1ccc(C(N)CS(C)(=O)=O)cc1O. The van der Waals surface area contributed by atoms with Crippen molar-refractivity contribution in [2.24, 2.45) is 5.73 Å². The number of hydrogen-bond donors (Lipinski definition) is 2. The van der Waals surface area contributed by atoms with Crippen molar-refractivity contribution in [3.05, 3.63) is 23.8 Å². The molecular weight excluding hydrogens is 230 g/mol. The van der Waals surface area contributed by atoms with Crippen LogP contribution < -0.4 is 10.5 Å². The van der Waals surface area contributed by atoms with Crippen LogP contribution in [-0.2, 0) is 9.84 Å². The zero-order chi connectivity index (χ0) is 12.3. The zero-order valence-corrected chi connectivity index (χ0v) is 9.99. The molecule has 6 heteroatoms. The Bertz CT molecular complexity index is 470. The van der Waals surface area contributed by atoms with Crippen LogP contribution in [-0.4, -0.2) is 32.6 Å². The molecule has 5 nitrogen and oxygen atoms in total. The summed E-state index contributed by atoms with van der Waals surface area (Å²) in [7, 11) is -1.70. The van der Waals surface area contributed by atoms with Crippen LogP contribution in [0.3, 0.4) is 0 Å². The van der Waals surface area contributed by atoms with Crippen LogP contribution >= 0.6 is 0 Å². The molecule has 1 unspecified atom stereocenters. The molecule has 0 amide bonds. The van der Waals surface area contributed by atoms with Crippen molar-refractivity contribution in [1.82, 2.24) is 0 Å². The highest BCUT2D eigenvalue weighted by Crippen LogP contribution is 2.28. The summed E-state index contributed by atoms with van der Waals surface area (Å²) in [6.45, 7) is 0. The highest BCUT2D eigenvalue weighted by atomic mass is 32.2. The second-order valence-electron chi connectivity index (χ2n) is 3.63. The van der Waals surface area contributed by atoms with E-state index in [0.29, 0.717) is 11.3 Å². The molecule has 0 fully saturated rings. The maximum absolute atomic E-state index is 11.1. The first-order valence-corrected chi connectivity index (χ1v) is 6.70. The maximum Gasteiger partial charge on any atom is 0.160 e. The van der Waals surface area contributed by atoms with Gasteiger partial charge in [-0.2, -0.15) is 0 Å². The van der Waals surface area contributed by atoms with Crippen LogP contribution in [0.2, 0.25) is 0 Å². The minimum absolute atomic E-state index is 0.0519. The second-order valence-corrected chi connectivity index (χ2v) is 5.82. The van der Waals surface area contributed by atoms with Crippen LogP contribution in [0.4, 0.5) is 0 Å². The highest BCUT2D eigenvalue weighted by molar-refractivity contribution is 7.90. The lowest BCUT2D eigenvalue weighted by Crippen LogP contribution is -2.20. The third-order valence-corrected chi connectivity index (χ3v) is 3.08. The Morgan fingerprint density at radius 3 is 2.56 bits per heavy atom. The zero-order valence-electron chi connectivity index (χ0n) is 9.17. The standard InChI is InChI=1S/C10H15NO4S/c1-15-10-4-3-7(5-9(10)12)8(11)6-16(2,13)14/h3-5,8,12H,6,11H2,1-2H3. The average molecular weight is 245 g/mol. The molecule has 0 bridgehead atoms. The fraction of sp³-hybridized carbons (Fsp3) is 0.400. The molecule has 3 N–H and O–H groups in total. The third-order valence-electron chi connectivity index (χ3n) is 2.11. The fourth-order valence-electron chi connectivity index (χ4n) is 1.36. The van der Waals surface area contributed by atoms with E-state index in [1.807, 2.05) is 0 Å². The molecule has 0 heterocycles. The molecule has 0 saturated carbocycles. The van der Waals surface area contributed by atoms with Crippen molar-refractivity contribution < 1.29 is 18.3 Å². The normalized spacial score (nSPS) is 13.4. The summed E-state index contributed by atoms with van der Waals surface area (Å²) < 4.78 is 27.0. The minimum Gasteiger partial charge on any atom is -0.504 e. The summed E-state index contributed by atoms with van der Waals surface area (Å²) in [5, 5.41) is 9.51. The third kappa shape index (κ3) is 3.39. The first kappa shape index (κ1) is 12.8. The van der Waals surface area contributed by atoms with Crippen LogP contribution in [0, 0.1) is 0 Å². The molecule has 0 aliphatic carbocycles. The Labute approximate surface area is 94.8 Å². The lowest BCUT2D eigenvalue weighted by molar-refractivity contribution is 0.373. The Kier molecular flexibility index (Phi) is 3.77. The molecule has 16 heavy (non-hydrogen) atoms. The molecule has 0 aliphatic heterocycles. The monoisotopic (exact) mass is 245 g/mol. The quantitative estimate of drug-likeness (QED) is 0.803. The average Bonchev–Trinajstić information content (AvgIpc) is 2.15. The number of phenols is 1. The predicted octanol–water partition coefficient (Wildman–Crippen LogP) is 0.445.